The van der Waals surface area contributed by atoms with Crippen molar-refractivity contribution in [1.29, 1.82) is 0 Å². The molecule has 3 heteroatoms. The third-order valence-corrected chi connectivity index (χ3v) is 4.91. The number of carbonyl (C=O) groups is 1. The van der Waals surface area contributed by atoms with E-state index in [1.165, 1.54) is 11.8 Å². The van der Waals surface area contributed by atoms with Crippen molar-refractivity contribution in [3.05, 3.63) is 66.2 Å². The highest BCUT2D eigenvalue weighted by molar-refractivity contribution is 8.13. The standard InChI is InChI=1S/C18H20O2S/c1-3-18(20,15-10-6-4-7-11-15)14(2)17(19)21-16-12-8-5-9-13-16/h4-14,20H,3H2,1-2H3/t14-,18-/m0/s1. The molecule has 2 aromatic carbocycles. The fourth-order valence-corrected chi connectivity index (χ4v) is 3.27. The van der Waals surface area contributed by atoms with Crippen molar-refractivity contribution in [2.24, 2.45) is 5.92 Å². The Morgan fingerprint density at radius 2 is 1.62 bits per heavy atom. The SMILES string of the molecule is CC[C@@](O)(c1ccccc1)[C@@H](C)C(=O)Sc1ccccc1. The van der Waals surface area contributed by atoms with E-state index in [1.807, 2.05) is 67.6 Å². The van der Waals surface area contributed by atoms with Crippen LogP contribution in [0.3, 0.4) is 0 Å². The normalized spacial score (nSPS) is 15.2. The average Bonchev–Trinajstić information content (AvgIpc) is 2.55. The van der Waals surface area contributed by atoms with E-state index in [2.05, 4.69) is 0 Å². The summed E-state index contributed by atoms with van der Waals surface area (Å²) in [6.45, 7) is 3.71. The highest BCUT2D eigenvalue weighted by atomic mass is 32.2. The van der Waals surface area contributed by atoms with Gasteiger partial charge < -0.3 is 5.11 Å². The van der Waals surface area contributed by atoms with Crippen molar-refractivity contribution in [1.82, 2.24) is 0 Å². The van der Waals surface area contributed by atoms with Crippen molar-refractivity contribution < 1.29 is 9.90 Å². The zero-order chi connectivity index (χ0) is 15.3. The Kier molecular flexibility index (Phi) is 5.21. The van der Waals surface area contributed by atoms with Gasteiger partial charge in [-0.05, 0) is 24.1 Å². The summed E-state index contributed by atoms with van der Waals surface area (Å²) in [7, 11) is 0. The van der Waals surface area contributed by atoms with E-state index in [9.17, 15) is 9.90 Å². The summed E-state index contributed by atoms with van der Waals surface area (Å²) in [4.78, 5) is 13.4. The molecule has 2 rings (SSSR count). The molecule has 0 aliphatic rings. The molecule has 2 aromatic rings. The Labute approximate surface area is 130 Å². The summed E-state index contributed by atoms with van der Waals surface area (Å²) >= 11 is 1.19. The van der Waals surface area contributed by atoms with Crippen LogP contribution in [0.4, 0.5) is 0 Å². The second-order valence-corrected chi connectivity index (χ2v) is 6.18. The molecule has 21 heavy (non-hydrogen) atoms. The lowest BCUT2D eigenvalue weighted by Crippen LogP contribution is -2.36. The monoisotopic (exact) mass is 300 g/mol. The van der Waals surface area contributed by atoms with E-state index < -0.39 is 11.5 Å². The molecular weight excluding hydrogens is 280 g/mol. The van der Waals surface area contributed by atoms with Gasteiger partial charge in [0.1, 0.15) is 0 Å². The predicted octanol–water partition coefficient (Wildman–Crippen LogP) is 4.24. The lowest BCUT2D eigenvalue weighted by atomic mass is 9.81. The summed E-state index contributed by atoms with van der Waals surface area (Å²) < 4.78 is 0. The smallest absolute Gasteiger partial charge is 0.199 e. The highest BCUT2D eigenvalue weighted by Gasteiger charge is 2.38. The van der Waals surface area contributed by atoms with Crippen LogP contribution in [0.5, 0.6) is 0 Å². The quantitative estimate of drug-likeness (QED) is 0.839. The predicted molar refractivity (Wildman–Crippen MR) is 87.1 cm³/mol. The maximum Gasteiger partial charge on any atom is 0.199 e. The fourth-order valence-electron chi connectivity index (χ4n) is 2.38. The highest BCUT2D eigenvalue weighted by Crippen LogP contribution is 2.37. The minimum atomic E-state index is -1.12. The Bertz CT molecular complexity index is 583. The molecular formula is C18H20O2S. The third-order valence-electron chi connectivity index (χ3n) is 3.84. The van der Waals surface area contributed by atoms with Gasteiger partial charge in [0, 0.05) is 4.90 Å². The van der Waals surface area contributed by atoms with Gasteiger partial charge in [0.2, 0.25) is 0 Å². The van der Waals surface area contributed by atoms with E-state index in [-0.39, 0.29) is 5.12 Å². The average molecular weight is 300 g/mol. The molecule has 0 aromatic heterocycles. The van der Waals surface area contributed by atoms with Crippen LogP contribution in [-0.2, 0) is 10.4 Å². The van der Waals surface area contributed by atoms with Gasteiger partial charge in [-0.1, -0.05) is 74.1 Å². The number of aliphatic hydroxyl groups is 1. The van der Waals surface area contributed by atoms with Crippen LogP contribution in [0.1, 0.15) is 25.8 Å². The van der Waals surface area contributed by atoms with Crippen molar-refractivity contribution in [2.75, 3.05) is 0 Å². The molecule has 2 nitrogen and oxygen atoms in total. The largest absolute Gasteiger partial charge is 0.384 e. The maximum atomic E-state index is 12.5. The van der Waals surface area contributed by atoms with Gasteiger partial charge in [-0.2, -0.15) is 0 Å². The van der Waals surface area contributed by atoms with E-state index in [0.29, 0.717) is 6.42 Å². The van der Waals surface area contributed by atoms with Crippen molar-refractivity contribution in [3.63, 3.8) is 0 Å². The Morgan fingerprint density at radius 3 is 2.14 bits per heavy atom. The number of thioether (sulfide) groups is 1. The van der Waals surface area contributed by atoms with Crippen LogP contribution in [0.15, 0.2) is 65.6 Å². The number of hydrogen-bond donors (Lipinski definition) is 1. The molecule has 0 saturated carbocycles. The molecule has 0 fully saturated rings. The van der Waals surface area contributed by atoms with Gasteiger partial charge in [0.05, 0.1) is 11.5 Å². The van der Waals surface area contributed by atoms with Crippen LogP contribution < -0.4 is 0 Å². The van der Waals surface area contributed by atoms with Crippen LogP contribution in [0.25, 0.3) is 0 Å². The van der Waals surface area contributed by atoms with Crippen molar-refractivity contribution in [3.8, 4) is 0 Å². The van der Waals surface area contributed by atoms with Crippen molar-refractivity contribution >= 4 is 16.9 Å². The zero-order valence-electron chi connectivity index (χ0n) is 12.3. The molecule has 2 atom stereocenters. The summed E-state index contributed by atoms with van der Waals surface area (Å²) in [6.07, 6.45) is 0.499. The van der Waals surface area contributed by atoms with Gasteiger partial charge >= 0.3 is 0 Å². The molecule has 0 radical (unpaired) electrons. The second-order valence-electron chi connectivity index (χ2n) is 5.10. The Hall–Kier alpha value is -1.58. The molecule has 110 valence electrons. The molecule has 0 aliphatic carbocycles. The second kappa shape index (κ2) is 6.92. The van der Waals surface area contributed by atoms with Gasteiger partial charge in [-0.25, -0.2) is 0 Å². The summed E-state index contributed by atoms with van der Waals surface area (Å²) in [5.41, 5.74) is -0.331. The summed E-state index contributed by atoms with van der Waals surface area (Å²) in [5, 5.41) is 11.0. The first kappa shape index (κ1) is 15.8. The molecule has 0 heterocycles. The molecule has 0 unspecified atom stereocenters. The minimum absolute atomic E-state index is 0.0191. The van der Waals surface area contributed by atoms with Crippen LogP contribution in [0, 0.1) is 5.92 Å². The number of rotatable bonds is 5. The van der Waals surface area contributed by atoms with Gasteiger partial charge in [0.15, 0.2) is 5.12 Å². The molecule has 0 amide bonds. The zero-order valence-corrected chi connectivity index (χ0v) is 13.1. The lowest BCUT2D eigenvalue weighted by Gasteiger charge is -2.32. The minimum Gasteiger partial charge on any atom is -0.384 e. The van der Waals surface area contributed by atoms with E-state index in [1.54, 1.807) is 6.92 Å². The van der Waals surface area contributed by atoms with Gasteiger partial charge in [-0.3, -0.25) is 4.79 Å². The first-order valence-electron chi connectivity index (χ1n) is 7.12. The molecule has 0 saturated heterocycles. The van der Waals surface area contributed by atoms with E-state index in [4.69, 9.17) is 0 Å². The molecule has 0 aliphatic heterocycles. The Balaban J connectivity index is 2.20. The summed E-state index contributed by atoms with van der Waals surface area (Å²) in [6, 6.07) is 19.0. The number of hydrogen-bond acceptors (Lipinski definition) is 3. The topological polar surface area (TPSA) is 37.3 Å². The van der Waals surface area contributed by atoms with Gasteiger partial charge in [-0.15, -0.1) is 0 Å². The lowest BCUT2D eigenvalue weighted by molar-refractivity contribution is -0.123. The third kappa shape index (κ3) is 3.55. The van der Waals surface area contributed by atoms with E-state index >= 15 is 0 Å². The van der Waals surface area contributed by atoms with Crippen LogP contribution in [-0.4, -0.2) is 10.2 Å². The van der Waals surface area contributed by atoms with E-state index in [0.717, 1.165) is 10.5 Å². The molecule has 0 spiro atoms. The first-order chi connectivity index (χ1) is 10.1. The van der Waals surface area contributed by atoms with Gasteiger partial charge in [0.25, 0.3) is 0 Å². The number of carbonyl (C=O) groups excluding carboxylic acids is 1. The van der Waals surface area contributed by atoms with Crippen molar-refractivity contribution in [2.45, 2.75) is 30.8 Å². The van der Waals surface area contributed by atoms with Crippen LogP contribution in [0.2, 0.25) is 0 Å². The molecule has 0 bridgehead atoms. The number of benzene rings is 2. The van der Waals surface area contributed by atoms with Crippen LogP contribution >= 0.6 is 11.8 Å². The summed E-state index contributed by atoms with van der Waals surface area (Å²) in [5.74, 6) is -0.477. The maximum absolute atomic E-state index is 12.5. The molecule has 1 N–H and O–H groups in total. The fraction of sp³-hybridized carbons (Fsp3) is 0.278. The Morgan fingerprint density at radius 1 is 1.10 bits per heavy atom. The first-order valence-corrected chi connectivity index (χ1v) is 7.94.